The molecule has 99 heavy (non-hydrogen) atoms. The standard InChI is InChI=1S/C29H40N4O3.C27H38N4O3.C24H32N4O/c1-27(2,3)36-26(35)32-15-13-22-21(18-32)23(31-33(22)17-19-10-8-7-9-11-19)24(34)30-25-28(4,5)20-12-14-29(25,6)16-20;1-19(21-13-9-6-10-14-21)28-25(32)24-22-18-30(26(33)34-27(2,3)4)16-15-23(22)31(29-24)17-20-11-7-5-8-12-20;1-23(2)17-9-11-24(3,13-17)22(23)26-21(29)20-18-14-25-12-10-19(18)28(27-20)15-16-7-5-4-6-8-16/h7-11,20,25H,12-18H2,1-6H3,(H,30,34);5,7-8,11-12,19,21H,6,9-10,13-18H2,1-4H3,(H,28,32);4-8,17,22,25H,9-15H2,1-3H3,(H,26,29)/t20?,25-,29?;19-;17?,22-,24?/m111/s1. The second-order valence-corrected chi connectivity index (χ2v) is 33.8. The number of nitrogens with one attached hydrogen (secondary N) is 4. The zero-order chi connectivity index (χ0) is 70.4. The number of amides is 5. The molecule has 8 aliphatic rings. The first-order chi connectivity index (χ1) is 47.0. The van der Waals surface area contributed by atoms with Gasteiger partial charge in [0.1, 0.15) is 11.2 Å². The van der Waals surface area contributed by atoms with E-state index in [0.717, 1.165) is 84.4 Å². The number of carbonyl (C=O) groups excluding carboxylic acids is 5. The van der Waals surface area contributed by atoms with Crippen LogP contribution in [0.5, 0.6) is 0 Å². The molecular formula is C80H110N12O7. The first-order valence-electron chi connectivity index (χ1n) is 36.9. The Labute approximate surface area is 587 Å². The minimum absolute atomic E-state index is 0.00334. The smallest absolute Gasteiger partial charge is 0.410 e. The summed E-state index contributed by atoms with van der Waals surface area (Å²) < 4.78 is 17.2. The molecule has 532 valence electrons. The summed E-state index contributed by atoms with van der Waals surface area (Å²) in [5.74, 6) is 1.59. The summed E-state index contributed by atoms with van der Waals surface area (Å²) >= 11 is 0. The monoisotopic (exact) mass is 1350 g/mol. The fourth-order valence-electron chi connectivity index (χ4n) is 18.3. The van der Waals surface area contributed by atoms with Crippen molar-refractivity contribution in [1.29, 1.82) is 0 Å². The minimum Gasteiger partial charge on any atom is -0.444 e. The van der Waals surface area contributed by atoms with Crippen molar-refractivity contribution in [2.75, 3.05) is 19.6 Å². The first kappa shape index (κ1) is 71.0. The lowest BCUT2D eigenvalue weighted by atomic mass is 9.68. The van der Waals surface area contributed by atoms with Crippen LogP contribution in [0.15, 0.2) is 91.0 Å². The number of rotatable bonds is 13. The van der Waals surface area contributed by atoms with Gasteiger partial charge in [-0.1, -0.05) is 152 Å². The van der Waals surface area contributed by atoms with E-state index in [-0.39, 0.29) is 69.7 Å². The fourth-order valence-corrected chi connectivity index (χ4v) is 18.3. The highest BCUT2D eigenvalue weighted by Crippen LogP contribution is 2.63. The van der Waals surface area contributed by atoms with Gasteiger partial charge in [-0.15, -0.1) is 0 Å². The lowest BCUT2D eigenvalue weighted by Gasteiger charge is -2.43. The maximum Gasteiger partial charge on any atom is 0.410 e. The molecule has 7 atom stereocenters. The summed E-state index contributed by atoms with van der Waals surface area (Å²) in [5, 5.41) is 28.0. The predicted molar refractivity (Wildman–Crippen MR) is 384 cm³/mol. The highest BCUT2D eigenvalue weighted by molar-refractivity contribution is 5.96. The maximum absolute atomic E-state index is 13.8. The lowest BCUT2D eigenvalue weighted by Crippen LogP contribution is -2.52. The van der Waals surface area contributed by atoms with Crippen LogP contribution in [0.4, 0.5) is 9.59 Å². The van der Waals surface area contributed by atoms with Gasteiger partial charge < -0.3 is 40.5 Å². The quantitative estimate of drug-likeness (QED) is 0.0854. The van der Waals surface area contributed by atoms with Crippen molar-refractivity contribution in [2.24, 2.45) is 39.4 Å². The normalized spacial score (nSPS) is 24.4. The molecule has 6 aromatic rings. The minimum atomic E-state index is -0.572. The van der Waals surface area contributed by atoms with Gasteiger partial charge in [0.2, 0.25) is 0 Å². The van der Waals surface area contributed by atoms with Crippen LogP contribution in [0.3, 0.4) is 0 Å². The number of benzene rings is 3. The molecule has 19 nitrogen and oxygen atoms in total. The molecule has 4 bridgehead atoms. The fraction of sp³-hybridized carbons (Fsp3) is 0.600. The van der Waals surface area contributed by atoms with Crippen LogP contribution >= 0.6 is 0 Å². The van der Waals surface area contributed by atoms with Gasteiger partial charge >= 0.3 is 12.2 Å². The summed E-state index contributed by atoms with van der Waals surface area (Å²) in [7, 11) is 0. The predicted octanol–water partition coefficient (Wildman–Crippen LogP) is 13.6. The van der Waals surface area contributed by atoms with Crippen LogP contribution in [0.1, 0.15) is 243 Å². The summed E-state index contributed by atoms with van der Waals surface area (Å²) in [6.45, 7) is 32.5. The van der Waals surface area contributed by atoms with Crippen molar-refractivity contribution in [3.05, 3.63) is 159 Å². The average molecular weight is 1350 g/mol. The molecular weight excluding hydrogens is 1240 g/mol. The Kier molecular flexibility index (Phi) is 20.3. The number of carbonyl (C=O) groups is 5. The Morgan fingerprint density at radius 2 is 0.909 bits per heavy atom. The topological polar surface area (TPSA) is 212 Å². The van der Waals surface area contributed by atoms with Crippen molar-refractivity contribution >= 4 is 29.9 Å². The third kappa shape index (κ3) is 15.4. The zero-order valence-electron chi connectivity index (χ0n) is 61.3. The van der Waals surface area contributed by atoms with E-state index in [4.69, 9.17) is 24.8 Å². The third-order valence-electron chi connectivity index (χ3n) is 23.6. The van der Waals surface area contributed by atoms with E-state index < -0.39 is 11.2 Å². The number of hydrogen-bond donors (Lipinski definition) is 4. The SMILES string of the molecule is CC(C)(C)OC(=O)N1CCc2c(c(C(=O)N[C@H]3C4(C)CCC(C4)C3(C)C)nn2Cc2ccccc2)C1.CC12CCC(C1)C(C)(C)[C@H]2NC(=O)c1nn(Cc2ccccc2)c2c1CNCC2.C[C@@H](NC(=O)c1nn(Cc2ccccc2)c2c1CN(C(=O)OC(C)(C)C)CC2)C1CCCCC1. The van der Waals surface area contributed by atoms with Gasteiger partial charge in [-0.2, -0.15) is 15.3 Å². The van der Waals surface area contributed by atoms with Crippen LogP contribution in [0.2, 0.25) is 0 Å². The summed E-state index contributed by atoms with van der Waals surface area (Å²) in [6, 6.07) is 31.1. The van der Waals surface area contributed by atoms with E-state index in [1.165, 1.54) is 56.2 Å². The number of fused-ring (bicyclic) bond motifs is 7. The van der Waals surface area contributed by atoms with Gasteiger partial charge in [-0.25, -0.2) is 9.59 Å². The van der Waals surface area contributed by atoms with Crippen LogP contribution in [0, 0.1) is 39.4 Å². The van der Waals surface area contributed by atoms with E-state index in [2.05, 4.69) is 118 Å². The summed E-state index contributed by atoms with van der Waals surface area (Å²) in [5.41, 5.74) is 10.4. The van der Waals surface area contributed by atoms with Gasteiger partial charge in [0.05, 0.1) is 32.7 Å². The highest BCUT2D eigenvalue weighted by atomic mass is 16.6. The lowest BCUT2D eigenvalue weighted by molar-refractivity contribution is 0.0212. The van der Waals surface area contributed by atoms with Crippen molar-refractivity contribution < 1.29 is 33.4 Å². The van der Waals surface area contributed by atoms with Gasteiger partial charge in [-0.05, 0) is 156 Å². The summed E-state index contributed by atoms with van der Waals surface area (Å²) in [4.78, 5) is 69.7. The maximum atomic E-state index is 13.8. The molecule has 3 aromatic heterocycles. The third-order valence-corrected chi connectivity index (χ3v) is 23.6. The Morgan fingerprint density at radius 3 is 1.29 bits per heavy atom. The van der Waals surface area contributed by atoms with Gasteiger partial charge in [-0.3, -0.25) is 28.4 Å². The van der Waals surface area contributed by atoms with Gasteiger partial charge in [0.25, 0.3) is 17.7 Å². The molecule has 5 fully saturated rings. The van der Waals surface area contributed by atoms with E-state index in [1.807, 2.05) is 98.1 Å². The Hall–Kier alpha value is -7.80. The van der Waals surface area contributed by atoms with Gasteiger partial charge in [0.15, 0.2) is 17.1 Å². The summed E-state index contributed by atoms with van der Waals surface area (Å²) in [6.07, 6.45) is 14.9. The Balaban J connectivity index is 0.000000142. The van der Waals surface area contributed by atoms with Crippen LogP contribution in [-0.4, -0.2) is 118 Å². The molecule has 0 saturated heterocycles. The van der Waals surface area contributed by atoms with E-state index >= 15 is 0 Å². The highest BCUT2D eigenvalue weighted by Gasteiger charge is 2.61. The number of nitrogens with zero attached hydrogens (tertiary/aromatic N) is 8. The molecule has 5 aliphatic carbocycles. The number of hydrogen-bond acceptors (Lipinski definition) is 11. The average Bonchev–Trinajstić information content (AvgIpc) is 1.57. The molecule has 0 radical (unpaired) electrons. The Bertz CT molecular complexity index is 3880. The molecule has 19 heteroatoms. The largest absolute Gasteiger partial charge is 0.444 e. The van der Waals surface area contributed by atoms with E-state index in [9.17, 15) is 24.0 Å². The van der Waals surface area contributed by atoms with Crippen LogP contribution < -0.4 is 21.3 Å². The van der Waals surface area contributed by atoms with Crippen molar-refractivity contribution in [3.63, 3.8) is 0 Å². The molecule has 0 spiro atoms. The molecule has 3 aliphatic heterocycles. The van der Waals surface area contributed by atoms with Crippen molar-refractivity contribution in [1.82, 2.24) is 60.4 Å². The van der Waals surface area contributed by atoms with E-state index in [0.29, 0.717) is 93.5 Å². The molecule has 5 saturated carbocycles. The number of ether oxygens (including phenoxy) is 2. The molecule has 4 N–H and O–H groups in total. The van der Waals surface area contributed by atoms with Gasteiger partial charge in [0, 0.05) is 97.3 Å². The second-order valence-electron chi connectivity index (χ2n) is 33.8. The van der Waals surface area contributed by atoms with Crippen molar-refractivity contribution in [3.8, 4) is 0 Å². The second kappa shape index (κ2) is 28.3. The van der Waals surface area contributed by atoms with Crippen molar-refractivity contribution in [2.45, 2.75) is 248 Å². The molecule has 4 unspecified atom stereocenters. The molecule has 6 heterocycles. The molecule has 5 amide bonds. The molecule has 3 aromatic carbocycles. The zero-order valence-corrected chi connectivity index (χ0v) is 61.3. The van der Waals surface area contributed by atoms with E-state index in [1.54, 1.807) is 9.80 Å². The van der Waals surface area contributed by atoms with Crippen LogP contribution in [-0.2, 0) is 68.0 Å². The Morgan fingerprint density at radius 1 is 0.525 bits per heavy atom. The first-order valence-corrected chi connectivity index (χ1v) is 36.9. The molecule has 14 rings (SSSR count). The number of aromatic nitrogens is 6. The van der Waals surface area contributed by atoms with Crippen LogP contribution in [0.25, 0.3) is 0 Å².